The van der Waals surface area contributed by atoms with E-state index in [1.807, 2.05) is 25.1 Å². The van der Waals surface area contributed by atoms with Gasteiger partial charge in [-0.15, -0.1) is 11.3 Å². The Morgan fingerprint density at radius 3 is 2.83 bits per heavy atom. The van der Waals surface area contributed by atoms with Crippen LogP contribution >= 0.6 is 11.3 Å². The summed E-state index contributed by atoms with van der Waals surface area (Å²) in [4.78, 5) is 17.3. The van der Waals surface area contributed by atoms with Gasteiger partial charge in [0.2, 0.25) is 15.9 Å². The molecule has 0 spiro atoms. The maximum absolute atomic E-state index is 13.0. The second kappa shape index (κ2) is 7.51. The third-order valence-corrected chi connectivity index (χ3v) is 8.17. The van der Waals surface area contributed by atoms with Crippen LogP contribution in [0.4, 0.5) is 5.69 Å². The number of hydrogen-bond acceptors (Lipinski definition) is 6. The van der Waals surface area contributed by atoms with Crippen molar-refractivity contribution in [3.05, 3.63) is 35.6 Å². The molecule has 1 aliphatic rings. The van der Waals surface area contributed by atoms with Gasteiger partial charge >= 0.3 is 0 Å². The zero-order valence-corrected chi connectivity index (χ0v) is 18.1. The molecule has 3 aromatic rings. The first-order chi connectivity index (χ1) is 13.8. The minimum Gasteiger partial charge on any atom is -0.326 e. The molecular weight excluding hydrogens is 410 g/mol. The summed E-state index contributed by atoms with van der Waals surface area (Å²) in [5, 5.41) is 7.11. The van der Waals surface area contributed by atoms with Crippen LogP contribution in [-0.2, 0) is 21.9 Å². The smallest absolute Gasteiger partial charge is 0.246 e. The first-order valence-electron chi connectivity index (χ1n) is 9.40. The molecule has 29 heavy (non-hydrogen) atoms. The maximum Gasteiger partial charge on any atom is 0.246 e. The van der Waals surface area contributed by atoms with E-state index in [1.54, 1.807) is 30.8 Å². The Morgan fingerprint density at radius 2 is 2.14 bits per heavy atom. The number of carbonyl (C=O) groups is 1. The molecule has 0 bridgehead atoms. The Hall–Kier alpha value is -2.30. The number of anilines is 1. The van der Waals surface area contributed by atoms with Gasteiger partial charge < -0.3 is 5.32 Å². The third kappa shape index (κ3) is 3.79. The molecule has 2 atom stereocenters. The number of rotatable bonds is 4. The number of aromatic nitrogens is 3. The van der Waals surface area contributed by atoms with E-state index in [0.29, 0.717) is 30.9 Å². The van der Waals surface area contributed by atoms with Crippen LogP contribution in [0.25, 0.3) is 10.2 Å². The molecule has 1 aliphatic heterocycles. The average Bonchev–Trinajstić information content (AvgIpc) is 3.26. The molecule has 154 valence electrons. The molecule has 1 aromatic carbocycles. The Bertz CT molecular complexity index is 1170. The normalized spacial score (nSPS) is 20.8. The Labute approximate surface area is 173 Å². The summed E-state index contributed by atoms with van der Waals surface area (Å²) in [5.74, 6) is -0.428. The molecule has 1 amide bonds. The lowest BCUT2D eigenvalue weighted by Gasteiger charge is -2.35. The monoisotopic (exact) mass is 433 g/mol. The van der Waals surface area contributed by atoms with Gasteiger partial charge in [0.1, 0.15) is 4.90 Å². The molecule has 2 aromatic heterocycles. The van der Waals surface area contributed by atoms with Crippen molar-refractivity contribution < 1.29 is 13.2 Å². The van der Waals surface area contributed by atoms with Crippen LogP contribution in [0.1, 0.15) is 19.0 Å². The first kappa shape index (κ1) is 20.0. The van der Waals surface area contributed by atoms with E-state index in [4.69, 9.17) is 0 Å². The molecule has 0 unspecified atom stereocenters. The van der Waals surface area contributed by atoms with Crippen LogP contribution in [0.15, 0.2) is 34.8 Å². The topological polar surface area (TPSA) is 97.2 Å². The van der Waals surface area contributed by atoms with Gasteiger partial charge in [0, 0.05) is 37.9 Å². The predicted octanol–water partition coefficient (Wildman–Crippen LogP) is 2.62. The van der Waals surface area contributed by atoms with Crippen molar-refractivity contribution >= 4 is 43.2 Å². The molecule has 10 heteroatoms. The molecule has 1 fully saturated rings. The molecule has 8 nitrogen and oxygen atoms in total. The zero-order valence-electron chi connectivity index (χ0n) is 16.5. The Kier molecular flexibility index (Phi) is 5.18. The number of carbonyl (C=O) groups excluding carboxylic acids is 1. The third-order valence-electron chi connectivity index (χ3n) is 5.39. The standard InChI is InChI=1S/C19H23N5O3S2/c1-12-9-24(29(26,27)18-10-23(3)22-13(18)2)7-6-15(12)19(25)21-14-4-5-17-16(8-14)20-11-28-17/h4-5,8,10-12,15H,6-7,9H2,1-3H3,(H,21,25)/t12-,15+/m1/s1. The van der Waals surface area contributed by atoms with Gasteiger partial charge in [0.25, 0.3) is 0 Å². The summed E-state index contributed by atoms with van der Waals surface area (Å²) in [6, 6.07) is 5.67. The number of piperidine rings is 1. The highest BCUT2D eigenvalue weighted by Crippen LogP contribution is 2.30. The minimum atomic E-state index is -3.62. The lowest BCUT2D eigenvalue weighted by molar-refractivity contribution is -0.122. The van der Waals surface area contributed by atoms with E-state index in [1.165, 1.54) is 15.2 Å². The van der Waals surface area contributed by atoms with Crippen molar-refractivity contribution in [3.63, 3.8) is 0 Å². The lowest BCUT2D eigenvalue weighted by atomic mass is 9.87. The SMILES string of the molecule is Cc1nn(C)cc1S(=O)(=O)N1CC[C@H](C(=O)Nc2ccc3scnc3c2)[C@H](C)C1. The summed E-state index contributed by atoms with van der Waals surface area (Å²) in [7, 11) is -1.92. The second-order valence-corrected chi connectivity index (χ2v) is 10.3. The van der Waals surface area contributed by atoms with Gasteiger partial charge in [-0.3, -0.25) is 9.48 Å². The van der Waals surface area contributed by atoms with E-state index in [0.717, 1.165) is 10.2 Å². The number of nitrogens with one attached hydrogen (secondary N) is 1. The highest BCUT2D eigenvalue weighted by Gasteiger charge is 2.37. The van der Waals surface area contributed by atoms with Crippen molar-refractivity contribution in [1.82, 2.24) is 19.1 Å². The van der Waals surface area contributed by atoms with Crippen LogP contribution in [-0.4, -0.2) is 46.5 Å². The van der Waals surface area contributed by atoms with E-state index in [-0.39, 0.29) is 22.6 Å². The van der Waals surface area contributed by atoms with Crippen LogP contribution in [0.5, 0.6) is 0 Å². The van der Waals surface area contributed by atoms with Crippen molar-refractivity contribution in [2.75, 3.05) is 18.4 Å². The van der Waals surface area contributed by atoms with Gasteiger partial charge in [-0.2, -0.15) is 9.40 Å². The molecule has 0 aliphatic carbocycles. The maximum atomic E-state index is 13.0. The molecule has 1 N–H and O–H groups in total. The highest BCUT2D eigenvalue weighted by atomic mass is 32.2. The molecule has 3 heterocycles. The Morgan fingerprint density at radius 1 is 1.34 bits per heavy atom. The van der Waals surface area contributed by atoms with Crippen molar-refractivity contribution in [2.24, 2.45) is 18.9 Å². The summed E-state index contributed by atoms with van der Waals surface area (Å²) in [5.41, 5.74) is 3.83. The van der Waals surface area contributed by atoms with E-state index < -0.39 is 10.0 Å². The lowest BCUT2D eigenvalue weighted by Crippen LogP contribution is -2.46. The number of hydrogen-bond donors (Lipinski definition) is 1. The minimum absolute atomic E-state index is 0.0818. The molecule has 1 saturated heterocycles. The quantitative estimate of drug-likeness (QED) is 0.682. The average molecular weight is 434 g/mol. The summed E-state index contributed by atoms with van der Waals surface area (Å²) in [6.07, 6.45) is 2.01. The highest BCUT2D eigenvalue weighted by molar-refractivity contribution is 7.89. The Balaban J connectivity index is 1.45. The number of thiazole rings is 1. The van der Waals surface area contributed by atoms with Gasteiger partial charge in [0.15, 0.2) is 0 Å². The van der Waals surface area contributed by atoms with Crippen LogP contribution in [0.2, 0.25) is 0 Å². The van der Waals surface area contributed by atoms with Gasteiger partial charge in [-0.25, -0.2) is 13.4 Å². The van der Waals surface area contributed by atoms with E-state index >= 15 is 0 Å². The first-order valence-corrected chi connectivity index (χ1v) is 11.7. The zero-order chi connectivity index (χ0) is 20.8. The molecule has 4 rings (SSSR count). The van der Waals surface area contributed by atoms with Crippen LogP contribution in [0, 0.1) is 18.8 Å². The van der Waals surface area contributed by atoms with E-state index in [2.05, 4.69) is 15.4 Å². The predicted molar refractivity (Wildman–Crippen MR) is 112 cm³/mol. The number of amides is 1. The van der Waals surface area contributed by atoms with E-state index in [9.17, 15) is 13.2 Å². The molecular formula is C19H23N5O3S2. The van der Waals surface area contributed by atoms with Crippen LogP contribution in [0.3, 0.4) is 0 Å². The van der Waals surface area contributed by atoms with Crippen molar-refractivity contribution in [2.45, 2.75) is 25.2 Å². The van der Waals surface area contributed by atoms with Gasteiger partial charge in [-0.1, -0.05) is 6.92 Å². The number of aryl methyl sites for hydroxylation is 2. The number of benzene rings is 1. The fraction of sp³-hybridized carbons (Fsp3) is 0.421. The molecule has 0 radical (unpaired) electrons. The van der Waals surface area contributed by atoms with Crippen molar-refractivity contribution in [1.29, 1.82) is 0 Å². The molecule has 0 saturated carbocycles. The number of nitrogens with zero attached hydrogens (tertiary/aromatic N) is 4. The van der Waals surface area contributed by atoms with Gasteiger partial charge in [0.05, 0.1) is 21.4 Å². The summed E-state index contributed by atoms with van der Waals surface area (Å²) >= 11 is 1.55. The number of sulfonamides is 1. The fourth-order valence-electron chi connectivity index (χ4n) is 3.86. The largest absolute Gasteiger partial charge is 0.326 e. The van der Waals surface area contributed by atoms with Crippen molar-refractivity contribution in [3.8, 4) is 0 Å². The summed E-state index contributed by atoms with van der Waals surface area (Å²) in [6.45, 7) is 4.23. The van der Waals surface area contributed by atoms with Crippen LogP contribution < -0.4 is 5.32 Å². The van der Waals surface area contributed by atoms with Gasteiger partial charge in [-0.05, 0) is 37.5 Å². The second-order valence-electron chi connectivity index (χ2n) is 7.51. The summed E-state index contributed by atoms with van der Waals surface area (Å²) < 4.78 is 30.0. The fourth-order valence-corrected chi connectivity index (χ4v) is 6.27. The number of fused-ring (bicyclic) bond motifs is 1.